The maximum absolute atomic E-state index is 12.8. The fraction of sp³-hybridized carbons (Fsp3) is 0.278. The van der Waals surface area contributed by atoms with Crippen LogP contribution >= 0.6 is 23.2 Å². The van der Waals surface area contributed by atoms with Crippen LogP contribution in [0.25, 0.3) is 0 Å². The highest BCUT2D eigenvalue weighted by molar-refractivity contribution is 7.92. The molecule has 2 rings (SSSR count). The van der Waals surface area contributed by atoms with Crippen LogP contribution < -0.4 is 19.1 Å². The number of benzene rings is 2. The highest BCUT2D eigenvalue weighted by atomic mass is 35.5. The van der Waals surface area contributed by atoms with Gasteiger partial charge in [-0.1, -0.05) is 23.2 Å². The fourth-order valence-corrected chi connectivity index (χ4v) is 4.20. The zero-order chi connectivity index (χ0) is 21.1. The molecule has 0 saturated carbocycles. The lowest BCUT2D eigenvalue weighted by Gasteiger charge is -2.29. The molecule has 0 aromatic heterocycles. The van der Waals surface area contributed by atoms with Crippen LogP contribution in [-0.2, 0) is 14.8 Å². The van der Waals surface area contributed by atoms with Crippen molar-refractivity contribution in [3.8, 4) is 11.5 Å². The van der Waals surface area contributed by atoms with Crippen LogP contribution in [0.2, 0.25) is 10.0 Å². The number of sulfonamides is 1. The molecule has 1 atom stereocenters. The summed E-state index contributed by atoms with van der Waals surface area (Å²) in [6, 6.07) is 8.11. The first-order valence-electron chi connectivity index (χ1n) is 8.05. The Labute approximate surface area is 174 Å². The molecule has 1 N–H and O–H groups in total. The number of carbonyl (C=O) groups is 1. The molecule has 7 nitrogen and oxygen atoms in total. The number of nitrogens with zero attached hydrogens (tertiary/aromatic N) is 1. The van der Waals surface area contributed by atoms with E-state index < -0.39 is 22.0 Å². The van der Waals surface area contributed by atoms with E-state index in [9.17, 15) is 13.2 Å². The van der Waals surface area contributed by atoms with Gasteiger partial charge in [0.1, 0.15) is 6.04 Å². The van der Waals surface area contributed by atoms with E-state index in [0.717, 1.165) is 10.6 Å². The number of hydrogen-bond donors (Lipinski definition) is 1. The maximum atomic E-state index is 12.8. The molecule has 2 aromatic rings. The first-order chi connectivity index (χ1) is 13.1. The minimum Gasteiger partial charge on any atom is -0.493 e. The van der Waals surface area contributed by atoms with Crippen LogP contribution in [0.15, 0.2) is 36.4 Å². The lowest BCUT2D eigenvalue weighted by atomic mass is 10.2. The quantitative estimate of drug-likeness (QED) is 0.698. The Morgan fingerprint density at radius 1 is 1.07 bits per heavy atom. The van der Waals surface area contributed by atoms with Gasteiger partial charge in [-0.2, -0.15) is 0 Å². The van der Waals surface area contributed by atoms with Gasteiger partial charge in [0.25, 0.3) is 0 Å². The molecule has 2 aromatic carbocycles. The van der Waals surface area contributed by atoms with Gasteiger partial charge in [0.05, 0.1) is 31.2 Å². The molecule has 0 aliphatic carbocycles. The van der Waals surface area contributed by atoms with Crippen LogP contribution in [0, 0.1) is 0 Å². The normalized spacial score (nSPS) is 12.2. The number of ether oxygens (including phenoxy) is 2. The average molecular weight is 447 g/mol. The Morgan fingerprint density at radius 3 is 2.29 bits per heavy atom. The van der Waals surface area contributed by atoms with Crippen LogP contribution in [0.3, 0.4) is 0 Å². The molecule has 10 heteroatoms. The summed E-state index contributed by atoms with van der Waals surface area (Å²) in [6.07, 6.45) is 0.990. The third-order valence-corrected chi connectivity index (χ3v) is 5.67. The first kappa shape index (κ1) is 22.1. The van der Waals surface area contributed by atoms with Crippen LogP contribution in [0.1, 0.15) is 6.92 Å². The van der Waals surface area contributed by atoms with Crippen LogP contribution in [-0.4, -0.2) is 40.8 Å². The predicted molar refractivity (Wildman–Crippen MR) is 111 cm³/mol. The Bertz CT molecular complexity index is 982. The van der Waals surface area contributed by atoms with E-state index in [2.05, 4.69) is 5.32 Å². The molecule has 0 aliphatic rings. The van der Waals surface area contributed by atoms with E-state index in [0.29, 0.717) is 22.2 Å². The Hall–Kier alpha value is -2.16. The molecule has 0 saturated heterocycles. The van der Waals surface area contributed by atoms with E-state index in [4.69, 9.17) is 32.7 Å². The minimum absolute atomic E-state index is 0.117. The SMILES string of the molecule is COc1ccc(NC(=O)[C@H](C)N(c2cc(Cl)ccc2Cl)S(C)(=O)=O)cc1OC. The predicted octanol–water partition coefficient (Wildman–Crippen LogP) is 3.80. The van der Waals surface area contributed by atoms with Gasteiger partial charge in [0.2, 0.25) is 15.9 Å². The van der Waals surface area contributed by atoms with E-state index in [1.807, 2.05) is 0 Å². The van der Waals surface area contributed by atoms with Gasteiger partial charge >= 0.3 is 0 Å². The van der Waals surface area contributed by atoms with Crippen molar-refractivity contribution in [2.45, 2.75) is 13.0 Å². The summed E-state index contributed by atoms with van der Waals surface area (Å²) in [6.45, 7) is 1.45. The summed E-state index contributed by atoms with van der Waals surface area (Å²) >= 11 is 12.1. The summed E-state index contributed by atoms with van der Waals surface area (Å²) in [7, 11) is -0.865. The van der Waals surface area contributed by atoms with Gasteiger partial charge in [-0.05, 0) is 37.3 Å². The van der Waals surface area contributed by atoms with E-state index in [-0.39, 0.29) is 10.7 Å². The zero-order valence-corrected chi connectivity index (χ0v) is 18.0. The lowest BCUT2D eigenvalue weighted by molar-refractivity contribution is -0.116. The second kappa shape index (κ2) is 8.89. The topological polar surface area (TPSA) is 84.9 Å². The van der Waals surface area contributed by atoms with Crippen molar-refractivity contribution in [2.75, 3.05) is 30.1 Å². The summed E-state index contributed by atoms with van der Waals surface area (Å²) in [4.78, 5) is 12.8. The number of carbonyl (C=O) groups excluding carboxylic acids is 1. The number of rotatable bonds is 7. The smallest absolute Gasteiger partial charge is 0.247 e. The van der Waals surface area contributed by atoms with Crippen molar-refractivity contribution >= 4 is 50.5 Å². The molecule has 0 unspecified atom stereocenters. The van der Waals surface area contributed by atoms with Gasteiger partial charge in [-0.25, -0.2) is 8.42 Å². The number of nitrogens with one attached hydrogen (secondary N) is 1. The number of halogens is 2. The molecule has 152 valence electrons. The molecule has 28 heavy (non-hydrogen) atoms. The molecule has 0 spiro atoms. The van der Waals surface area contributed by atoms with Crippen LogP contribution in [0.4, 0.5) is 11.4 Å². The number of hydrogen-bond acceptors (Lipinski definition) is 5. The van der Waals surface area contributed by atoms with Gasteiger partial charge in [0, 0.05) is 16.8 Å². The second-order valence-corrected chi connectivity index (χ2v) is 8.59. The zero-order valence-electron chi connectivity index (χ0n) is 15.7. The summed E-state index contributed by atoms with van der Waals surface area (Å²) in [5, 5.41) is 3.11. The molecule has 0 radical (unpaired) electrons. The van der Waals surface area contributed by atoms with E-state index in [1.165, 1.54) is 39.3 Å². The monoisotopic (exact) mass is 446 g/mol. The van der Waals surface area contributed by atoms with Crippen molar-refractivity contribution < 1.29 is 22.7 Å². The summed E-state index contributed by atoms with van der Waals surface area (Å²) < 4.78 is 36.1. The van der Waals surface area contributed by atoms with Gasteiger partial charge in [-0.3, -0.25) is 9.10 Å². The molecular formula is C18H20Cl2N2O5S. The number of amides is 1. The highest BCUT2D eigenvalue weighted by Gasteiger charge is 2.31. The standard InChI is InChI=1S/C18H20Cl2N2O5S/c1-11(18(23)21-13-6-8-16(26-2)17(10-13)27-3)22(28(4,24)25)15-9-12(19)5-7-14(15)20/h5-11H,1-4H3,(H,21,23)/t11-/m0/s1. The summed E-state index contributed by atoms with van der Waals surface area (Å²) in [5.74, 6) is 0.358. The van der Waals surface area contributed by atoms with E-state index in [1.54, 1.807) is 18.2 Å². The highest BCUT2D eigenvalue weighted by Crippen LogP contribution is 2.33. The van der Waals surface area contributed by atoms with Crippen molar-refractivity contribution in [1.82, 2.24) is 0 Å². The van der Waals surface area contributed by atoms with Crippen LogP contribution in [0.5, 0.6) is 11.5 Å². The third kappa shape index (κ3) is 5.01. The van der Waals surface area contributed by atoms with Crippen molar-refractivity contribution in [3.05, 3.63) is 46.4 Å². The van der Waals surface area contributed by atoms with Gasteiger partial charge in [-0.15, -0.1) is 0 Å². The average Bonchev–Trinajstić information content (AvgIpc) is 2.63. The Morgan fingerprint density at radius 2 is 1.71 bits per heavy atom. The Balaban J connectivity index is 2.36. The molecule has 0 fully saturated rings. The molecule has 0 aliphatic heterocycles. The maximum Gasteiger partial charge on any atom is 0.247 e. The number of anilines is 2. The molecule has 0 heterocycles. The number of methoxy groups -OCH3 is 2. The molecule has 1 amide bonds. The summed E-state index contributed by atoms with van der Waals surface area (Å²) in [5.41, 5.74) is 0.534. The molecule has 0 bridgehead atoms. The lowest BCUT2D eigenvalue weighted by Crippen LogP contribution is -2.45. The fourth-order valence-electron chi connectivity index (χ4n) is 2.60. The van der Waals surface area contributed by atoms with Crippen molar-refractivity contribution in [3.63, 3.8) is 0 Å². The van der Waals surface area contributed by atoms with E-state index >= 15 is 0 Å². The minimum atomic E-state index is -3.83. The molecular weight excluding hydrogens is 427 g/mol. The largest absolute Gasteiger partial charge is 0.493 e. The third-order valence-electron chi connectivity index (χ3n) is 3.89. The van der Waals surface area contributed by atoms with Gasteiger partial charge < -0.3 is 14.8 Å². The van der Waals surface area contributed by atoms with Gasteiger partial charge in [0.15, 0.2) is 11.5 Å². The first-order valence-corrected chi connectivity index (χ1v) is 10.7. The van der Waals surface area contributed by atoms with Crippen molar-refractivity contribution in [2.24, 2.45) is 0 Å². The van der Waals surface area contributed by atoms with Crippen molar-refractivity contribution in [1.29, 1.82) is 0 Å². The second-order valence-electron chi connectivity index (χ2n) is 5.89. The Kier molecular flexibility index (Phi) is 7.03.